The van der Waals surface area contributed by atoms with Gasteiger partial charge in [-0.3, -0.25) is 9.69 Å². The molecule has 40 heavy (non-hydrogen) atoms. The number of amides is 1. The van der Waals surface area contributed by atoms with E-state index in [2.05, 4.69) is 9.97 Å². The molecule has 2 fully saturated rings. The summed E-state index contributed by atoms with van der Waals surface area (Å²) in [6.07, 6.45) is -3.32. The molecule has 5 rings (SSSR count). The van der Waals surface area contributed by atoms with Gasteiger partial charge in [-0.05, 0) is 69.2 Å². The summed E-state index contributed by atoms with van der Waals surface area (Å²) in [7, 11) is 0. The van der Waals surface area contributed by atoms with E-state index in [4.69, 9.17) is 22.2 Å². The van der Waals surface area contributed by atoms with Crippen molar-refractivity contribution in [1.29, 1.82) is 5.26 Å². The normalized spacial score (nSPS) is 17.9. The molecule has 1 saturated heterocycles. The molecule has 208 valence electrons. The summed E-state index contributed by atoms with van der Waals surface area (Å²) in [4.78, 5) is 24.4. The molecular formula is C27H23F4N5O3S. The number of nitriles is 1. The Hall–Kier alpha value is -3.89. The summed E-state index contributed by atoms with van der Waals surface area (Å²) in [5, 5.41) is 19.4. The van der Waals surface area contributed by atoms with Crippen LogP contribution in [0.5, 0.6) is 5.88 Å². The van der Waals surface area contributed by atoms with E-state index < -0.39 is 40.2 Å². The quantitative estimate of drug-likeness (QED) is 0.323. The first-order valence-electron chi connectivity index (χ1n) is 12.4. The Bertz CT molecular complexity index is 1610. The summed E-state index contributed by atoms with van der Waals surface area (Å²) in [6, 6.07) is 7.00. The Balaban J connectivity index is 1.61. The van der Waals surface area contributed by atoms with E-state index in [1.165, 1.54) is 36.9 Å². The summed E-state index contributed by atoms with van der Waals surface area (Å²) < 4.78 is 62.2. The van der Waals surface area contributed by atoms with Gasteiger partial charge in [-0.1, -0.05) is 6.92 Å². The van der Waals surface area contributed by atoms with Gasteiger partial charge in [0.05, 0.1) is 33.9 Å². The highest BCUT2D eigenvalue weighted by Gasteiger charge is 2.51. The minimum atomic E-state index is -4.84. The van der Waals surface area contributed by atoms with Gasteiger partial charge >= 0.3 is 6.18 Å². The zero-order valence-corrected chi connectivity index (χ0v) is 22.5. The number of hydrogen-bond acceptors (Lipinski definition) is 7. The zero-order chi connectivity index (χ0) is 29.2. The molecule has 1 aliphatic carbocycles. The third-order valence-corrected chi connectivity index (χ3v) is 7.35. The van der Waals surface area contributed by atoms with Gasteiger partial charge in [0.25, 0.3) is 5.91 Å². The van der Waals surface area contributed by atoms with Crippen LogP contribution in [0.3, 0.4) is 0 Å². The number of rotatable bonds is 6. The van der Waals surface area contributed by atoms with Gasteiger partial charge in [0, 0.05) is 12.1 Å². The second-order valence-corrected chi connectivity index (χ2v) is 10.7. The monoisotopic (exact) mass is 573 g/mol. The first-order chi connectivity index (χ1) is 18.7. The van der Waals surface area contributed by atoms with Crippen LogP contribution in [0.4, 0.5) is 28.9 Å². The lowest BCUT2D eigenvalue weighted by molar-refractivity contribution is -0.137. The lowest BCUT2D eigenvalue weighted by Crippen LogP contribution is -2.44. The predicted octanol–water partition coefficient (Wildman–Crippen LogP) is 5.04. The van der Waals surface area contributed by atoms with Gasteiger partial charge in [0.15, 0.2) is 10.9 Å². The molecule has 8 nitrogen and oxygen atoms in total. The molecule has 2 heterocycles. The molecule has 1 aliphatic heterocycles. The Labute approximate surface area is 231 Å². The van der Waals surface area contributed by atoms with Crippen molar-refractivity contribution in [1.82, 2.24) is 9.97 Å². The number of carbonyl (C=O) groups excluding carboxylic acids is 1. The van der Waals surface area contributed by atoms with E-state index >= 15 is 4.39 Å². The van der Waals surface area contributed by atoms with E-state index in [1.54, 1.807) is 6.92 Å². The largest absolute Gasteiger partial charge is 0.474 e. The topological polar surface area (TPSA) is 103 Å². The van der Waals surface area contributed by atoms with Crippen LogP contribution in [-0.4, -0.2) is 43.8 Å². The zero-order valence-electron chi connectivity index (χ0n) is 21.6. The van der Waals surface area contributed by atoms with Crippen LogP contribution in [-0.2, 0) is 17.4 Å². The number of aromatic nitrogens is 2. The van der Waals surface area contributed by atoms with E-state index in [0.29, 0.717) is 31.2 Å². The molecule has 2 aliphatic rings. The van der Waals surface area contributed by atoms with Crippen LogP contribution in [0.25, 0.3) is 10.9 Å². The van der Waals surface area contributed by atoms with Gasteiger partial charge in [0.2, 0.25) is 5.88 Å². The van der Waals surface area contributed by atoms with Gasteiger partial charge in [-0.25, -0.2) is 9.37 Å². The molecule has 1 aromatic heterocycles. The molecule has 1 amide bonds. The Morgan fingerprint density at radius 1 is 1.18 bits per heavy atom. The van der Waals surface area contributed by atoms with Crippen molar-refractivity contribution < 1.29 is 32.2 Å². The van der Waals surface area contributed by atoms with Gasteiger partial charge < -0.3 is 14.7 Å². The van der Waals surface area contributed by atoms with Crippen LogP contribution in [0.15, 0.2) is 30.3 Å². The standard InChI is InChI=1S/C27H23F4N5O3S/c1-4-20-33-21-17(22(34-20)39-13-26(38)7-8-26)9-16(11-19(21)28)36-24(40)35(23(37)25(36,2)3)15-6-5-14(12-32)18(10-15)27(29,30)31/h5-6,9-11,38H,4,7-8,13H2,1-3H3. The van der Waals surface area contributed by atoms with Crippen LogP contribution < -0.4 is 14.5 Å². The minimum Gasteiger partial charge on any atom is -0.474 e. The Morgan fingerprint density at radius 3 is 2.48 bits per heavy atom. The predicted molar refractivity (Wildman–Crippen MR) is 141 cm³/mol. The molecule has 0 atom stereocenters. The van der Waals surface area contributed by atoms with Crippen LogP contribution in [0, 0.1) is 17.1 Å². The highest BCUT2D eigenvalue weighted by Crippen LogP contribution is 2.42. The fourth-order valence-corrected chi connectivity index (χ4v) is 5.06. The van der Waals surface area contributed by atoms with Crippen molar-refractivity contribution >= 4 is 45.5 Å². The number of aliphatic hydroxyl groups is 1. The molecule has 0 spiro atoms. The maximum atomic E-state index is 15.5. The number of nitrogens with zero attached hydrogens (tertiary/aromatic N) is 5. The van der Waals surface area contributed by atoms with Gasteiger partial charge in [0.1, 0.15) is 23.5 Å². The number of thiocarbonyl (C=S) groups is 1. The smallest absolute Gasteiger partial charge is 0.417 e. The first kappa shape index (κ1) is 27.7. The van der Waals surface area contributed by atoms with Crippen LogP contribution in [0.2, 0.25) is 0 Å². The number of anilines is 2. The second-order valence-electron chi connectivity index (χ2n) is 10.3. The molecule has 1 saturated carbocycles. The Kier molecular flexibility index (Phi) is 6.47. The fourth-order valence-electron chi connectivity index (χ4n) is 4.54. The maximum absolute atomic E-state index is 15.5. The van der Waals surface area contributed by atoms with Crippen molar-refractivity contribution in [2.45, 2.75) is 57.3 Å². The van der Waals surface area contributed by atoms with Gasteiger partial charge in [-0.15, -0.1) is 0 Å². The number of halogens is 4. The summed E-state index contributed by atoms with van der Waals surface area (Å²) >= 11 is 5.56. The molecule has 0 unspecified atom stereocenters. The van der Waals surface area contributed by atoms with Crippen molar-refractivity contribution in [2.75, 3.05) is 16.4 Å². The number of ether oxygens (including phenoxy) is 1. The molecular weight excluding hydrogens is 550 g/mol. The summed E-state index contributed by atoms with van der Waals surface area (Å²) in [5.41, 5.74) is -4.30. The molecule has 13 heteroatoms. The van der Waals surface area contributed by atoms with Crippen LogP contribution >= 0.6 is 12.2 Å². The molecule has 3 aromatic rings. The molecule has 0 radical (unpaired) electrons. The summed E-state index contributed by atoms with van der Waals surface area (Å²) in [5.74, 6) is -1.02. The highest BCUT2D eigenvalue weighted by molar-refractivity contribution is 7.81. The first-order valence-corrected chi connectivity index (χ1v) is 12.8. The maximum Gasteiger partial charge on any atom is 0.417 e. The number of alkyl halides is 3. The Morgan fingerprint density at radius 2 is 1.88 bits per heavy atom. The average Bonchev–Trinajstić information content (AvgIpc) is 3.60. The minimum absolute atomic E-state index is 0.0265. The van der Waals surface area contributed by atoms with Crippen molar-refractivity contribution in [3.05, 3.63) is 53.1 Å². The van der Waals surface area contributed by atoms with Crippen LogP contribution in [0.1, 0.15) is 50.6 Å². The van der Waals surface area contributed by atoms with E-state index in [1.807, 2.05) is 0 Å². The molecule has 2 aromatic carbocycles. The van der Waals surface area contributed by atoms with E-state index in [0.717, 1.165) is 17.0 Å². The van der Waals surface area contributed by atoms with E-state index in [9.17, 15) is 23.1 Å². The third-order valence-electron chi connectivity index (χ3n) is 6.98. The summed E-state index contributed by atoms with van der Waals surface area (Å²) in [6.45, 7) is 4.77. The number of benzene rings is 2. The third kappa shape index (κ3) is 4.61. The highest BCUT2D eigenvalue weighted by atomic mass is 32.1. The lowest BCUT2D eigenvalue weighted by atomic mass is 10.0. The molecule has 1 N–H and O–H groups in total. The van der Waals surface area contributed by atoms with Crippen molar-refractivity contribution in [2.24, 2.45) is 0 Å². The van der Waals surface area contributed by atoms with Crippen molar-refractivity contribution in [3.8, 4) is 11.9 Å². The number of aryl methyl sites for hydroxylation is 1. The van der Waals surface area contributed by atoms with Crippen molar-refractivity contribution in [3.63, 3.8) is 0 Å². The second kappa shape index (κ2) is 9.35. The average molecular weight is 574 g/mol. The fraction of sp³-hybridized carbons (Fsp3) is 0.370. The lowest BCUT2D eigenvalue weighted by Gasteiger charge is -2.29. The SMILES string of the molecule is CCc1nc(OCC2(O)CC2)c2cc(N3C(=S)N(c4ccc(C#N)c(C(F)(F)F)c4)C(=O)C3(C)C)cc(F)c2n1. The number of carbonyl (C=O) groups is 1. The number of fused-ring (bicyclic) bond motifs is 1. The molecule has 0 bridgehead atoms. The van der Waals surface area contributed by atoms with Gasteiger partial charge in [-0.2, -0.15) is 23.4 Å². The number of hydrogen-bond donors (Lipinski definition) is 1. The van der Waals surface area contributed by atoms with E-state index in [-0.39, 0.29) is 39.9 Å².